The maximum absolute atomic E-state index is 11.5. The molecule has 0 aliphatic carbocycles. The van der Waals surface area contributed by atoms with Crippen molar-refractivity contribution in [2.75, 3.05) is 18.6 Å². The molecule has 0 aromatic heterocycles. The molecule has 0 saturated carbocycles. The van der Waals surface area contributed by atoms with Crippen LogP contribution >= 0.6 is 15.9 Å². The van der Waals surface area contributed by atoms with Crippen LogP contribution in [0.1, 0.15) is 6.42 Å². The van der Waals surface area contributed by atoms with Crippen molar-refractivity contribution in [2.24, 2.45) is 0 Å². The van der Waals surface area contributed by atoms with Crippen molar-refractivity contribution >= 4 is 33.3 Å². The molecule has 1 heterocycles. The van der Waals surface area contributed by atoms with E-state index in [-0.39, 0.29) is 24.7 Å². The number of benzene rings is 1. The molecule has 84 valence electrons. The summed E-state index contributed by atoms with van der Waals surface area (Å²) in [6, 6.07) is 5.33. The van der Waals surface area contributed by atoms with Crippen LogP contribution in [-0.2, 0) is 9.59 Å². The fourth-order valence-corrected chi connectivity index (χ4v) is 2.10. The third-order valence-corrected chi connectivity index (χ3v) is 2.85. The number of nitrogens with zero attached hydrogens (tertiary/aromatic N) is 1. The second kappa shape index (κ2) is 4.25. The summed E-state index contributed by atoms with van der Waals surface area (Å²) < 4.78 is 5.92. The lowest BCUT2D eigenvalue weighted by Crippen LogP contribution is -2.24. The number of amides is 1. The van der Waals surface area contributed by atoms with Crippen molar-refractivity contribution in [1.82, 2.24) is 0 Å². The number of methoxy groups -OCH3 is 1. The lowest BCUT2D eigenvalue weighted by molar-refractivity contribution is -0.121. The van der Waals surface area contributed by atoms with E-state index in [0.29, 0.717) is 11.4 Å². The molecule has 1 aliphatic heterocycles. The third kappa shape index (κ3) is 2.09. The molecule has 0 N–H and O–H groups in total. The van der Waals surface area contributed by atoms with Gasteiger partial charge >= 0.3 is 0 Å². The summed E-state index contributed by atoms with van der Waals surface area (Å²) in [7, 11) is 1.56. The van der Waals surface area contributed by atoms with Gasteiger partial charge in [-0.25, -0.2) is 0 Å². The first kappa shape index (κ1) is 11.1. The molecule has 1 fully saturated rings. The van der Waals surface area contributed by atoms with E-state index in [1.807, 2.05) is 0 Å². The lowest BCUT2D eigenvalue weighted by atomic mass is 10.3. The number of carbonyl (C=O) groups excluding carboxylic acids is 2. The predicted octanol–water partition coefficient (Wildman–Crippen LogP) is 1.76. The highest BCUT2D eigenvalue weighted by Gasteiger charge is 2.28. The van der Waals surface area contributed by atoms with Gasteiger partial charge in [0.25, 0.3) is 0 Å². The fraction of sp³-hybridized carbons (Fsp3) is 0.273. The van der Waals surface area contributed by atoms with Crippen LogP contribution in [0.5, 0.6) is 5.75 Å². The molecule has 1 aromatic carbocycles. The number of ether oxygens (including phenoxy) is 1. The Bertz CT molecular complexity index is 459. The van der Waals surface area contributed by atoms with Gasteiger partial charge in [0.2, 0.25) is 5.91 Å². The van der Waals surface area contributed by atoms with Gasteiger partial charge in [-0.15, -0.1) is 0 Å². The largest absolute Gasteiger partial charge is 0.497 e. The average Bonchev–Trinajstić information content (AvgIpc) is 2.57. The molecule has 1 saturated heterocycles. The molecule has 1 aromatic rings. The Labute approximate surface area is 101 Å². The minimum atomic E-state index is -0.162. The molecule has 0 spiro atoms. The highest BCUT2D eigenvalue weighted by Crippen LogP contribution is 2.29. The van der Waals surface area contributed by atoms with Crippen LogP contribution in [0.15, 0.2) is 22.7 Å². The second-order valence-corrected chi connectivity index (χ2v) is 4.46. The van der Waals surface area contributed by atoms with Crippen LogP contribution in [0.3, 0.4) is 0 Å². The van der Waals surface area contributed by atoms with E-state index in [1.54, 1.807) is 25.3 Å². The zero-order valence-electron chi connectivity index (χ0n) is 8.70. The maximum Gasteiger partial charge on any atom is 0.234 e. The van der Waals surface area contributed by atoms with E-state index < -0.39 is 0 Å². The Hall–Kier alpha value is -1.36. The van der Waals surface area contributed by atoms with E-state index in [9.17, 15) is 9.59 Å². The normalized spacial score (nSPS) is 15.8. The molecule has 1 amide bonds. The molecule has 0 unspecified atom stereocenters. The summed E-state index contributed by atoms with van der Waals surface area (Å²) in [5.74, 6) is 0.436. The zero-order valence-corrected chi connectivity index (χ0v) is 10.3. The first-order chi connectivity index (χ1) is 7.60. The molecule has 0 atom stereocenters. The van der Waals surface area contributed by atoms with Crippen LogP contribution < -0.4 is 9.64 Å². The Morgan fingerprint density at radius 2 is 2.06 bits per heavy atom. The minimum Gasteiger partial charge on any atom is -0.497 e. The summed E-state index contributed by atoms with van der Waals surface area (Å²) in [6.45, 7) is 0.151. The molecule has 0 radical (unpaired) electrons. The van der Waals surface area contributed by atoms with E-state index >= 15 is 0 Å². The highest BCUT2D eigenvalue weighted by molar-refractivity contribution is 9.10. The van der Waals surface area contributed by atoms with Gasteiger partial charge in [0.15, 0.2) is 5.78 Å². The van der Waals surface area contributed by atoms with Crippen LogP contribution in [0.4, 0.5) is 5.69 Å². The smallest absolute Gasteiger partial charge is 0.234 e. The number of hydrogen-bond donors (Lipinski definition) is 0. The van der Waals surface area contributed by atoms with Crippen LogP contribution in [0.25, 0.3) is 0 Å². The average molecular weight is 284 g/mol. The number of carbonyl (C=O) groups is 2. The molecule has 1 aliphatic rings. The van der Waals surface area contributed by atoms with Crippen molar-refractivity contribution in [3.05, 3.63) is 22.7 Å². The number of ketones is 1. The minimum absolute atomic E-state index is 0.00513. The van der Waals surface area contributed by atoms with Crippen molar-refractivity contribution in [3.63, 3.8) is 0 Å². The van der Waals surface area contributed by atoms with Gasteiger partial charge in [0.05, 0.1) is 20.1 Å². The van der Waals surface area contributed by atoms with Crippen molar-refractivity contribution in [1.29, 1.82) is 0 Å². The second-order valence-electron chi connectivity index (χ2n) is 3.54. The van der Waals surface area contributed by atoms with Gasteiger partial charge in [-0.05, 0) is 12.1 Å². The highest BCUT2D eigenvalue weighted by atomic mass is 79.9. The molecular weight excluding hydrogens is 274 g/mol. The Kier molecular flexibility index (Phi) is 2.96. The fourth-order valence-electron chi connectivity index (χ4n) is 1.64. The van der Waals surface area contributed by atoms with Gasteiger partial charge in [-0.1, -0.05) is 15.9 Å². The molecule has 16 heavy (non-hydrogen) atoms. The topological polar surface area (TPSA) is 46.6 Å². The summed E-state index contributed by atoms with van der Waals surface area (Å²) >= 11 is 3.33. The standard InChI is InChI=1S/C11H10BrNO3/c1-16-10-3-7(12)2-8(4-10)13-6-9(14)5-11(13)15/h2-4H,5-6H2,1H3. The van der Waals surface area contributed by atoms with Crippen LogP contribution in [0, 0.1) is 0 Å². The van der Waals surface area contributed by atoms with Crippen molar-refractivity contribution in [2.45, 2.75) is 6.42 Å². The number of halogens is 1. The first-order valence-corrected chi connectivity index (χ1v) is 5.56. The third-order valence-electron chi connectivity index (χ3n) is 2.39. The van der Waals surface area contributed by atoms with Crippen LogP contribution in [0.2, 0.25) is 0 Å². The predicted molar refractivity (Wildman–Crippen MR) is 62.7 cm³/mol. The number of hydrogen-bond acceptors (Lipinski definition) is 3. The van der Waals surface area contributed by atoms with Gasteiger partial charge < -0.3 is 9.64 Å². The molecule has 4 nitrogen and oxygen atoms in total. The Balaban J connectivity index is 2.36. The van der Waals surface area contributed by atoms with Crippen molar-refractivity contribution in [3.8, 4) is 5.75 Å². The summed E-state index contributed by atoms with van der Waals surface area (Å²) in [5, 5.41) is 0. The van der Waals surface area contributed by atoms with Gasteiger partial charge in [-0.2, -0.15) is 0 Å². The summed E-state index contributed by atoms with van der Waals surface area (Å²) in [5.41, 5.74) is 0.682. The van der Waals surface area contributed by atoms with Crippen LogP contribution in [-0.4, -0.2) is 25.3 Å². The Morgan fingerprint density at radius 1 is 1.31 bits per heavy atom. The SMILES string of the molecule is COc1cc(Br)cc(N2CC(=O)CC2=O)c1. The van der Waals surface area contributed by atoms with E-state index in [4.69, 9.17) is 4.74 Å². The summed E-state index contributed by atoms with van der Waals surface area (Å²) in [4.78, 5) is 24.2. The molecule has 2 rings (SSSR count). The summed E-state index contributed by atoms with van der Waals surface area (Å²) in [6.07, 6.45) is -0.00513. The monoisotopic (exact) mass is 283 g/mol. The van der Waals surface area contributed by atoms with Crippen molar-refractivity contribution < 1.29 is 14.3 Å². The number of rotatable bonds is 2. The number of anilines is 1. The molecular formula is C11H10BrNO3. The van der Waals surface area contributed by atoms with E-state index in [1.165, 1.54) is 4.90 Å². The quantitative estimate of drug-likeness (QED) is 0.777. The van der Waals surface area contributed by atoms with Gasteiger partial charge in [-0.3, -0.25) is 9.59 Å². The van der Waals surface area contributed by atoms with Gasteiger partial charge in [0, 0.05) is 16.2 Å². The first-order valence-electron chi connectivity index (χ1n) is 4.77. The molecule has 0 bridgehead atoms. The van der Waals surface area contributed by atoms with E-state index in [0.717, 1.165) is 4.47 Å². The lowest BCUT2D eigenvalue weighted by Gasteiger charge is -2.16. The molecule has 5 heteroatoms. The van der Waals surface area contributed by atoms with Gasteiger partial charge in [0.1, 0.15) is 5.75 Å². The van der Waals surface area contributed by atoms with E-state index in [2.05, 4.69) is 15.9 Å². The zero-order chi connectivity index (χ0) is 11.7. The number of Topliss-reactive ketones (excluding diaryl/α,β-unsaturated/α-hetero) is 1. The Morgan fingerprint density at radius 3 is 2.62 bits per heavy atom. The maximum atomic E-state index is 11.5.